The van der Waals surface area contributed by atoms with Crippen molar-refractivity contribution in [3.63, 3.8) is 0 Å². The van der Waals surface area contributed by atoms with Crippen LogP contribution >= 0.6 is 0 Å². The van der Waals surface area contributed by atoms with E-state index in [1.807, 2.05) is 0 Å². The van der Waals surface area contributed by atoms with E-state index in [2.05, 4.69) is 5.32 Å². The molecule has 7 heteroatoms. The van der Waals surface area contributed by atoms with E-state index in [1.54, 1.807) is 19.1 Å². The lowest BCUT2D eigenvalue weighted by atomic mass is 9.73. The molecule has 7 nitrogen and oxygen atoms in total. The average molecular weight is 278 g/mol. The molecule has 1 fully saturated rings. The van der Waals surface area contributed by atoms with Crippen LogP contribution in [0.5, 0.6) is 0 Å². The molecule has 2 unspecified atom stereocenters. The minimum absolute atomic E-state index is 0.0776. The fourth-order valence-electron chi connectivity index (χ4n) is 2.23. The summed E-state index contributed by atoms with van der Waals surface area (Å²) in [6.45, 7) is 1.61. The molecule has 1 aromatic rings. The Bertz CT molecular complexity index is 584. The molecule has 0 bridgehead atoms. The Kier molecular flexibility index (Phi) is 3.69. The van der Waals surface area contributed by atoms with Gasteiger partial charge in [-0.15, -0.1) is 0 Å². The van der Waals surface area contributed by atoms with Crippen LogP contribution in [0.15, 0.2) is 18.2 Å². The largest absolute Gasteiger partial charge is 0.481 e. The van der Waals surface area contributed by atoms with Crippen molar-refractivity contribution in [1.29, 1.82) is 0 Å². The molecular weight excluding hydrogens is 264 g/mol. The number of carboxylic acids is 1. The second kappa shape index (κ2) is 5.28. The van der Waals surface area contributed by atoms with Gasteiger partial charge in [-0.2, -0.15) is 0 Å². The van der Waals surface area contributed by atoms with Gasteiger partial charge in [-0.3, -0.25) is 19.7 Å². The van der Waals surface area contributed by atoms with Gasteiger partial charge in [0.05, 0.1) is 16.8 Å². The highest BCUT2D eigenvalue weighted by molar-refractivity contribution is 5.96. The van der Waals surface area contributed by atoms with Crippen LogP contribution in [-0.4, -0.2) is 21.9 Å². The van der Waals surface area contributed by atoms with Crippen molar-refractivity contribution in [2.24, 2.45) is 11.8 Å². The van der Waals surface area contributed by atoms with Gasteiger partial charge >= 0.3 is 5.97 Å². The topological polar surface area (TPSA) is 110 Å². The first-order valence-corrected chi connectivity index (χ1v) is 6.19. The number of aliphatic carboxylic acids is 1. The Labute approximate surface area is 114 Å². The highest BCUT2D eigenvalue weighted by Crippen LogP contribution is 2.35. The van der Waals surface area contributed by atoms with Crippen molar-refractivity contribution in [3.05, 3.63) is 33.9 Å². The van der Waals surface area contributed by atoms with Crippen molar-refractivity contribution >= 4 is 23.3 Å². The quantitative estimate of drug-likeness (QED) is 0.646. The maximum Gasteiger partial charge on any atom is 0.307 e. The van der Waals surface area contributed by atoms with Gasteiger partial charge in [0.15, 0.2) is 0 Å². The first-order chi connectivity index (χ1) is 9.40. The Morgan fingerprint density at radius 2 is 2.00 bits per heavy atom. The zero-order chi connectivity index (χ0) is 14.9. The van der Waals surface area contributed by atoms with Gasteiger partial charge in [0.1, 0.15) is 0 Å². The molecule has 0 saturated heterocycles. The maximum absolute atomic E-state index is 11.9. The third kappa shape index (κ3) is 2.61. The van der Waals surface area contributed by atoms with Crippen LogP contribution in [0.1, 0.15) is 18.4 Å². The van der Waals surface area contributed by atoms with Crippen LogP contribution < -0.4 is 5.32 Å². The molecule has 0 aromatic heterocycles. The third-order valence-corrected chi connectivity index (χ3v) is 3.60. The molecular formula is C13H14N2O5. The number of carbonyl (C=O) groups excluding carboxylic acids is 1. The standard InChI is InChI=1S/C13H14N2O5/c1-7-2-3-8(6-11(7)15(19)20)14-12(16)9-4-5-10(9)13(17)18/h2-3,6,9-10H,4-5H2,1H3,(H,14,16)(H,17,18). The normalized spacial score (nSPS) is 20.9. The number of carboxylic acid groups (broad SMARTS) is 1. The predicted octanol–water partition coefficient (Wildman–Crippen LogP) is 1.95. The number of nitro benzene ring substituents is 1. The van der Waals surface area contributed by atoms with Crippen molar-refractivity contribution < 1.29 is 19.6 Å². The summed E-state index contributed by atoms with van der Waals surface area (Å²) in [4.78, 5) is 33.1. The molecule has 0 heterocycles. The lowest BCUT2D eigenvalue weighted by Gasteiger charge is -2.31. The minimum atomic E-state index is -0.980. The number of nitrogens with one attached hydrogen (secondary N) is 1. The molecule has 0 aliphatic heterocycles. The average Bonchev–Trinajstić information content (AvgIpc) is 2.28. The fourth-order valence-corrected chi connectivity index (χ4v) is 2.23. The van der Waals surface area contributed by atoms with E-state index in [-0.39, 0.29) is 5.69 Å². The maximum atomic E-state index is 11.9. The second-order valence-corrected chi connectivity index (χ2v) is 4.88. The molecule has 1 saturated carbocycles. The molecule has 20 heavy (non-hydrogen) atoms. The van der Waals surface area contributed by atoms with E-state index in [1.165, 1.54) is 6.07 Å². The van der Waals surface area contributed by atoms with Gasteiger partial charge in [0.2, 0.25) is 5.91 Å². The van der Waals surface area contributed by atoms with Crippen LogP contribution in [0, 0.1) is 28.9 Å². The van der Waals surface area contributed by atoms with Crippen molar-refractivity contribution in [1.82, 2.24) is 0 Å². The van der Waals surface area contributed by atoms with Gasteiger partial charge < -0.3 is 10.4 Å². The SMILES string of the molecule is Cc1ccc(NC(=O)C2CCC2C(=O)O)cc1[N+](=O)[O-]. The number of rotatable bonds is 4. The van der Waals surface area contributed by atoms with E-state index in [4.69, 9.17) is 5.11 Å². The summed E-state index contributed by atoms with van der Waals surface area (Å²) in [5.41, 5.74) is 0.731. The summed E-state index contributed by atoms with van der Waals surface area (Å²) >= 11 is 0. The summed E-state index contributed by atoms with van der Waals surface area (Å²) in [7, 11) is 0. The summed E-state index contributed by atoms with van der Waals surface area (Å²) in [6, 6.07) is 4.39. The number of nitrogens with zero attached hydrogens (tertiary/aromatic N) is 1. The highest BCUT2D eigenvalue weighted by Gasteiger charge is 2.41. The Morgan fingerprint density at radius 1 is 1.35 bits per heavy atom. The number of carbonyl (C=O) groups is 2. The molecule has 0 spiro atoms. The number of hydrogen-bond donors (Lipinski definition) is 2. The van der Waals surface area contributed by atoms with Crippen LogP contribution in [0.2, 0.25) is 0 Å². The van der Waals surface area contributed by atoms with Gasteiger partial charge in [-0.05, 0) is 25.8 Å². The van der Waals surface area contributed by atoms with Gasteiger partial charge in [0.25, 0.3) is 5.69 Å². The number of nitro groups is 1. The van der Waals surface area contributed by atoms with Crippen LogP contribution in [-0.2, 0) is 9.59 Å². The molecule has 106 valence electrons. The Hall–Kier alpha value is -2.44. The van der Waals surface area contributed by atoms with Crippen LogP contribution in [0.25, 0.3) is 0 Å². The Balaban J connectivity index is 2.11. The Morgan fingerprint density at radius 3 is 2.50 bits per heavy atom. The van der Waals surface area contributed by atoms with Gasteiger partial charge in [-0.1, -0.05) is 6.07 Å². The van der Waals surface area contributed by atoms with E-state index >= 15 is 0 Å². The first-order valence-electron chi connectivity index (χ1n) is 6.19. The molecule has 2 rings (SSSR count). The second-order valence-electron chi connectivity index (χ2n) is 4.88. The summed E-state index contributed by atoms with van der Waals surface area (Å²) in [5.74, 6) is -2.60. The van der Waals surface area contributed by atoms with Gasteiger partial charge in [-0.25, -0.2) is 0 Å². The van der Waals surface area contributed by atoms with Gasteiger partial charge in [0, 0.05) is 17.3 Å². The van der Waals surface area contributed by atoms with E-state index in [9.17, 15) is 19.7 Å². The van der Waals surface area contributed by atoms with Crippen molar-refractivity contribution in [2.75, 3.05) is 5.32 Å². The number of amides is 1. The minimum Gasteiger partial charge on any atom is -0.481 e. The lowest BCUT2D eigenvalue weighted by Crippen LogP contribution is -2.41. The van der Waals surface area contributed by atoms with Crippen molar-refractivity contribution in [2.45, 2.75) is 19.8 Å². The molecule has 0 radical (unpaired) electrons. The highest BCUT2D eigenvalue weighted by atomic mass is 16.6. The molecule has 1 aromatic carbocycles. The lowest BCUT2D eigenvalue weighted by molar-refractivity contribution is -0.385. The van der Waals surface area contributed by atoms with E-state index in [0.29, 0.717) is 24.1 Å². The first kappa shape index (κ1) is 14.0. The number of hydrogen-bond acceptors (Lipinski definition) is 4. The third-order valence-electron chi connectivity index (χ3n) is 3.60. The molecule has 2 N–H and O–H groups in total. The molecule has 2 atom stereocenters. The van der Waals surface area contributed by atoms with Crippen LogP contribution in [0.4, 0.5) is 11.4 Å². The molecule has 1 amide bonds. The molecule has 1 aliphatic carbocycles. The summed E-state index contributed by atoms with van der Waals surface area (Å²) < 4.78 is 0. The zero-order valence-electron chi connectivity index (χ0n) is 10.8. The number of anilines is 1. The summed E-state index contributed by atoms with van der Waals surface area (Å²) in [6.07, 6.45) is 1.01. The van der Waals surface area contributed by atoms with E-state index in [0.717, 1.165) is 0 Å². The molecule has 1 aliphatic rings. The number of aryl methyl sites for hydroxylation is 1. The van der Waals surface area contributed by atoms with Crippen LogP contribution in [0.3, 0.4) is 0 Å². The monoisotopic (exact) mass is 278 g/mol. The zero-order valence-corrected chi connectivity index (χ0v) is 10.8. The summed E-state index contributed by atoms with van der Waals surface area (Å²) in [5, 5.41) is 22.3. The van der Waals surface area contributed by atoms with E-state index < -0.39 is 28.6 Å². The fraction of sp³-hybridized carbons (Fsp3) is 0.385. The predicted molar refractivity (Wildman–Crippen MR) is 70.3 cm³/mol. The van der Waals surface area contributed by atoms with Crippen molar-refractivity contribution in [3.8, 4) is 0 Å². The smallest absolute Gasteiger partial charge is 0.307 e. The number of benzene rings is 1.